The number of thiophene rings is 1. The highest BCUT2D eigenvalue weighted by molar-refractivity contribution is 7.91. The highest BCUT2D eigenvalue weighted by Gasteiger charge is 2.34. The Morgan fingerprint density at radius 2 is 2.24 bits per heavy atom. The molecule has 96 valence electrons. The third-order valence-corrected chi connectivity index (χ3v) is 6.62. The molecule has 1 atom stereocenters. The fourth-order valence-electron chi connectivity index (χ4n) is 2.11. The summed E-state index contributed by atoms with van der Waals surface area (Å²) in [6.07, 6.45) is 0.956. The first-order chi connectivity index (χ1) is 7.91. The molecule has 0 aliphatic carbocycles. The van der Waals surface area contributed by atoms with Gasteiger partial charge in [0.25, 0.3) is 10.0 Å². The van der Waals surface area contributed by atoms with Crippen LogP contribution in [-0.4, -0.2) is 25.8 Å². The summed E-state index contributed by atoms with van der Waals surface area (Å²) in [5.74, 6) is 1.01. The van der Waals surface area contributed by atoms with Gasteiger partial charge in [0.15, 0.2) is 0 Å². The van der Waals surface area contributed by atoms with Gasteiger partial charge in [-0.15, -0.1) is 11.3 Å². The molecule has 6 heteroatoms. The van der Waals surface area contributed by atoms with E-state index in [0.29, 0.717) is 34.8 Å². The molecule has 0 saturated carbocycles. The van der Waals surface area contributed by atoms with Crippen LogP contribution in [0.3, 0.4) is 0 Å². The molecule has 2 rings (SSSR count). The van der Waals surface area contributed by atoms with Crippen molar-refractivity contribution in [3.05, 3.63) is 11.4 Å². The zero-order valence-electron chi connectivity index (χ0n) is 10.1. The van der Waals surface area contributed by atoms with Crippen LogP contribution in [-0.2, 0) is 10.0 Å². The number of nitrogens with zero attached hydrogens (tertiary/aromatic N) is 1. The maximum absolute atomic E-state index is 12.3. The topological polar surface area (TPSA) is 63.4 Å². The number of hydrogen-bond donors (Lipinski definition) is 1. The third-order valence-electron chi connectivity index (χ3n) is 3.32. The average molecular weight is 274 g/mol. The summed E-state index contributed by atoms with van der Waals surface area (Å²) in [5, 5.41) is 1.67. The third kappa shape index (κ3) is 2.48. The average Bonchev–Trinajstić information content (AvgIpc) is 2.85. The minimum atomic E-state index is -3.31. The Labute approximate surface area is 106 Å². The van der Waals surface area contributed by atoms with Gasteiger partial charge in [0.05, 0.1) is 0 Å². The van der Waals surface area contributed by atoms with Crippen LogP contribution in [0.25, 0.3) is 0 Å². The molecule has 0 radical (unpaired) electrons. The normalized spacial score (nSPS) is 22.4. The van der Waals surface area contributed by atoms with Crippen molar-refractivity contribution in [1.29, 1.82) is 0 Å². The quantitative estimate of drug-likeness (QED) is 0.917. The summed E-state index contributed by atoms with van der Waals surface area (Å²) in [5.41, 5.74) is 6.10. The first-order valence-corrected chi connectivity index (χ1v) is 8.07. The minimum Gasteiger partial charge on any atom is -0.398 e. The van der Waals surface area contributed by atoms with E-state index >= 15 is 0 Å². The van der Waals surface area contributed by atoms with Gasteiger partial charge >= 0.3 is 0 Å². The Balaban J connectivity index is 2.18. The van der Waals surface area contributed by atoms with Gasteiger partial charge < -0.3 is 5.73 Å². The van der Waals surface area contributed by atoms with E-state index in [1.165, 1.54) is 11.3 Å². The van der Waals surface area contributed by atoms with Crippen molar-refractivity contribution >= 4 is 27.0 Å². The Kier molecular flexibility index (Phi) is 3.47. The first-order valence-electron chi connectivity index (χ1n) is 5.75. The zero-order valence-corrected chi connectivity index (χ0v) is 11.7. The van der Waals surface area contributed by atoms with Gasteiger partial charge in [-0.2, -0.15) is 4.31 Å². The van der Waals surface area contributed by atoms with Crippen LogP contribution >= 0.6 is 11.3 Å². The molecule has 1 aliphatic heterocycles. The SMILES string of the molecule is CC(C)C1CCN(S(=O)(=O)c2cc(N)cs2)C1. The lowest BCUT2D eigenvalue weighted by Gasteiger charge is -2.17. The van der Waals surface area contributed by atoms with Gasteiger partial charge in [0, 0.05) is 24.2 Å². The van der Waals surface area contributed by atoms with E-state index in [1.807, 2.05) is 0 Å². The lowest BCUT2D eigenvalue weighted by atomic mass is 9.96. The molecular formula is C11H18N2O2S2. The van der Waals surface area contributed by atoms with Crippen molar-refractivity contribution in [2.24, 2.45) is 11.8 Å². The van der Waals surface area contributed by atoms with Gasteiger partial charge in [0.2, 0.25) is 0 Å². The predicted molar refractivity (Wildman–Crippen MR) is 70.4 cm³/mol. The van der Waals surface area contributed by atoms with Gasteiger partial charge in [-0.05, 0) is 24.3 Å². The van der Waals surface area contributed by atoms with E-state index < -0.39 is 10.0 Å². The van der Waals surface area contributed by atoms with Gasteiger partial charge in [-0.3, -0.25) is 0 Å². The second-order valence-corrected chi connectivity index (χ2v) is 7.93. The molecule has 0 bridgehead atoms. The Morgan fingerprint density at radius 3 is 2.71 bits per heavy atom. The van der Waals surface area contributed by atoms with E-state index in [2.05, 4.69) is 13.8 Å². The van der Waals surface area contributed by atoms with Gasteiger partial charge in [0.1, 0.15) is 4.21 Å². The Bertz CT molecular complexity index is 493. The molecule has 2 heterocycles. The predicted octanol–water partition coefficient (Wildman–Crippen LogP) is 2.00. The molecule has 0 spiro atoms. The molecular weight excluding hydrogens is 256 g/mol. The van der Waals surface area contributed by atoms with Crippen LogP contribution in [0.4, 0.5) is 5.69 Å². The second-order valence-electron chi connectivity index (χ2n) is 4.85. The molecule has 1 aliphatic rings. The molecule has 1 aromatic heterocycles. The zero-order chi connectivity index (χ0) is 12.6. The van der Waals surface area contributed by atoms with E-state index in [9.17, 15) is 8.42 Å². The number of hydrogen-bond acceptors (Lipinski definition) is 4. The highest BCUT2D eigenvalue weighted by Crippen LogP contribution is 2.31. The summed E-state index contributed by atoms with van der Waals surface area (Å²) in [7, 11) is -3.31. The molecule has 0 amide bonds. The van der Waals surface area contributed by atoms with E-state index in [-0.39, 0.29) is 0 Å². The summed E-state index contributed by atoms with van der Waals surface area (Å²) in [4.78, 5) is 0. The van der Waals surface area contributed by atoms with E-state index in [1.54, 1.807) is 15.8 Å². The summed E-state index contributed by atoms with van der Waals surface area (Å²) >= 11 is 1.20. The maximum Gasteiger partial charge on any atom is 0.252 e. The van der Waals surface area contributed by atoms with Crippen LogP contribution < -0.4 is 5.73 Å². The number of nitrogen functional groups attached to an aromatic ring is 1. The van der Waals surface area contributed by atoms with E-state index in [4.69, 9.17) is 5.73 Å². The number of nitrogens with two attached hydrogens (primary N) is 1. The number of sulfonamides is 1. The highest BCUT2D eigenvalue weighted by atomic mass is 32.2. The summed E-state index contributed by atoms with van der Waals surface area (Å²) in [6.45, 7) is 5.55. The van der Waals surface area contributed by atoms with Crippen molar-refractivity contribution < 1.29 is 8.42 Å². The largest absolute Gasteiger partial charge is 0.398 e. The monoisotopic (exact) mass is 274 g/mol. The van der Waals surface area contributed by atoms with Gasteiger partial charge in [-0.25, -0.2) is 8.42 Å². The fraction of sp³-hybridized carbons (Fsp3) is 0.636. The molecule has 1 aromatic rings. The van der Waals surface area contributed by atoms with Crippen LogP contribution in [0.5, 0.6) is 0 Å². The van der Waals surface area contributed by atoms with Crippen LogP contribution in [0.2, 0.25) is 0 Å². The second kappa shape index (κ2) is 4.59. The van der Waals surface area contributed by atoms with Crippen molar-refractivity contribution in [2.75, 3.05) is 18.8 Å². The standard InChI is InChI=1S/C11H18N2O2S2/c1-8(2)9-3-4-13(6-9)17(14,15)11-5-10(12)7-16-11/h5,7-9H,3-4,6,12H2,1-2H3. The molecule has 1 unspecified atom stereocenters. The number of anilines is 1. The number of rotatable bonds is 3. The van der Waals surface area contributed by atoms with Crippen LogP contribution in [0.1, 0.15) is 20.3 Å². The van der Waals surface area contributed by atoms with Gasteiger partial charge in [-0.1, -0.05) is 13.8 Å². The molecule has 1 fully saturated rings. The smallest absolute Gasteiger partial charge is 0.252 e. The van der Waals surface area contributed by atoms with Crippen molar-refractivity contribution in [3.8, 4) is 0 Å². The molecule has 4 nitrogen and oxygen atoms in total. The molecule has 17 heavy (non-hydrogen) atoms. The van der Waals surface area contributed by atoms with Crippen molar-refractivity contribution in [3.63, 3.8) is 0 Å². The lowest BCUT2D eigenvalue weighted by Crippen LogP contribution is -2.28. The minimum absolute atomic E-state index is 0.361. The lowest BCUT2D eigenvalue weighted by molar-refractivity contribution is 0.389. The molecule has 0 aromatic carbocycles. The molecule has 2 N–H and O–H groups in total. The summed E-state index contributed by atoms with van der Waals surface area (Å²) in [6, 6.07) is 1.54. The van der Waals surface area contributed by atoms with Crippen molar-refractivity contribution in [2.45, 2.75) is 24.5 Å². The Morgan fingerprint density at radius 1 is 1.53 bits per heavy atom. The fourth-order valence-corrected chi connectivity index (χ4v) is 4.85. The first kappa shape index (κ1) is 12.9. The maximum atomic E-state index is 12.3. The molecule has 1 saturated heterocycles. The van der Waals surface area contributed by atoms with Crippen molar-refractivity contribution in [1.82, 2.24) is 4.31 Å². The van der Waals surface area contributed by atoms with E-state index in [0.717, 1.165) is 6.42 Å². The summed E-state index contributed by atoms with van der Waals surface area (Å²) < 4.78 is 26.5. The van der Waals surface area contributed by atoms with Crippen LogP contribution in [0, 0.1) is 11.8 Å². The Hall–Kier alpha value is -0.590. The van der Waals surface area contributed by atoms with Crippen LogP contribution in [0.15, 0.2) is 15.7 Å².